The summed E-state index contributed by atoms with van der Waals surface area (Å²) >= 11 is 0. The predicted molar refractivity (Wildman–Crippen MR) is 81.9 cm³/mol. The van der Waals surface area contributed by atoms with Crippen molar-refractivity contribution in [1.29, 1.82) is 0 Å². The van der Waals surface area contributed by atoms with Crippen molar-refractivity contribution in [1.82, 2.24) is 9.78 Å². The van der Waals surface area contributed by atoms with Gasteiger partial charge in [-0.25, -0.2) is 9.48 Å². The molecule has 6 heteroatoms. The lowest BCUT2D eigenvalue weighted by atomic mass is 10.2. The molecule has 0 N–H and O–H groups in total. The number of benzene rings is 1. The van der Waals surface area contributed by atoms with Crippen LogP contribution < -0.4 is 9.47 Å². The van der Waals surface area contributed by atoms with Crippen molar-refractivity contribution in [2.45, 2.75) is 27.2 Å². The van der Waals surface area contributed by atoms with Crippen LogP contribution in [-0.2, 0) is 11.2 Å². The summed E-state index contributed by atoms with van der Waals surface area (Å²) in [6, 6.07) is 7.58. The Morgan fingerprint density at radius 3 is 2.45 bits per heavy atom. The number of hydrogen-bond acceptors (Lipinski definition) is 5. The van der Waals surface area contributed by atoms with Gasteiger partial charge in [-0.3, -0.25) is 0 Å². The molecule has 0 saturated carbocycles. The van der Waals surface area contributed by atoms with E-state index in [9.17, 15) is 4.79 Å². The fourth-order valence-electron chi connectivity index (χ4n) is 2.14. The minimum absolute atomic E-state index is 0.447. The van der Waals surface area contributed by atoms with Crippen molar-refractivity contribution in [3.63, 3.8) is 0 Å². The van der Waals surface area contributed by atoms with E-state index in [0.29, 0.717) is 24.5 Å². The smallest absolute Gasteiger partial charge is 0.494 e. The van der Waals surface area contributed by atoms with Crippen LogP contribution in [0.2, 0.25) is 0 Å². The van der Waals surface area contributed by atoms with Crippen LogP contribution in [0.25, 0.3) is 5.69 Å². The first-order valence-electron chi connectivity index (χ1n) is 7.18. The Morgan fingerprint density at radius 1 is 1.23 bits per heavy atom. The normalized spacial score (nSPS) is 10.4. The van der Waals surface area contributed by atoms with Crippen LogP contribution in [-0.4, -0.2) is 29.7 Å². The molecule has 0 bridgehead atoms. The number of rotatable bonds is 5. The Hall–Kier alpha value is -2.50. The molecule has 0 atom stereocenters. The topological polar surface area (TPSA) is 62.6 Å². The average Bonchev–Trinajstić information content (AvgIpc) is 2.85. The van der Waals surface area contributed by atoms with Gasteiger partial charge in [-0.2, -0.15) is 5.10 Å². The first-order chi connectivity index (χ1) is 10.6. The average molecular weight is 304 g/mol. The number of carbonyl (C=O) groups is 1. The lowest BCUT2D eigenvalue weighted by Gasteiger charge is -2.07. The van der Waals surface area contributed by atoms with Crippen LogP contribution in [0.15, 0.2) is 24.3 Å². The van der Waals surface area contributed by atoms with Crippen molar-refractivity contribution in [3.8, 4) is 17.2 Å². The van der Waals surface area contributed by atoms with E-state index in [1.807, 2.05) is 45.0 Å². The monoisotopic (exact) mass is 304 g/mol. The van der Waals surface area contributed by atoms with Crippen LogP contribution in [0.1, 0.15) is 25.2 Å². The van der Waals surface area contributed by atoms with Gasteiger partial charge >= 0.3 is 6.16 Å². The summed E-state index contributed by atoms with van der Waals surface area (Å²) in [5, 5.41) is 4.50. The van der Waals surface area contributed by atoms with Crippen molar-refractivity contribution < 1.29 is 19.0 Å². The highest BCUT2D eigenvalue weighted by molar-refractivity contribution is 5.64. The molecule has 2 rings (SSSR count). The number of methoxy groups -OCH3 is 1. The fourth-order valence-corrected chi connectivity index (χ4v) is 2.14. The minimum Gasteiger partial charge on any atom is -0.494 e. The largest absolute Gasteiger partial charge is 0.513 e. The van der Waals surface area contributed by atoms with E-state index in [4.69, 9.17) is 9.47 Å². The molecule has 6 nitrogen and oxygen atoms in total. The maximum absolute atomic E-state index is 11.4. The van der Waals surface area contributed by atoms with Gasteiger partial charge in [-0.15, -0.1) is 0 Å². The molecular formula is C16H20N2O4. The summed E-state index contributed by atoms with van der Waals surface area (Å²) in [6.07, 6.45) is -0.0963. The highest BCUT2D eigenvalue weighted by atomic mass is 16.7. The lowest BCUT2D eigenvalue weighted by molar-refractivity contribution is 0.120. The summed E-state index contributed by atoms with van der Waals surface area (Å²) in [7, 11) is 1.28. The third-order valence-corrected chi connectivity index (χ3v) is 3.21. The molecule has 0 aliphatic carbocycles. The van der Waals surface area contributed by atoms with E-state index in [2.05, 4.69) is 9.84 Å². The molecule has 1 aromatic heterocycles. The third kappa shape index (κ3) is 3.21. The highest BCUT2D eigenvalue weighted by Gasteiger charge is 2.19. The molecule has 0 saturated heterocycles. The van der Waals surface area contributed by atoms with E-state index >= 15 is 0 Å². The minimum atomic E-state index is -0.746. The molecule has 0 amide bonds. The number of aryl methyl sites for hydroxylation is 1. The Morgan fingerprint density at radius 2 is 1.91 bits per heavy atom. The lowest BCUT2D eigenvalue weighted by Crippen LogP contribution is -2.09. The molecule has 0 unspecified atom stereocenters. The van der Waals surface area contributed by atoms with Gasteiger partial charge in [-0.05, 0) is 44.5 Å². The Labute approximate surface area is 129 Å². The highest BCUT2D eigenvalue weighted by Crippen LogP contribution is 2.27. The van der Waals surface area contributed by atoms with E-state index in [1.54, 1.807) is 4.68 Å². The van der Waals surface area contributed by atoms with Gasteiger partial charge in [0.15, 0.2) is 5.75 Å². The van der Waals surface area contributed by atoms with Crippen LogP contribution in [0, 0.1) is 6.92 Å². The summed E-state index contributed by atoms with van der Waals surface area (Å²) in [6.45, 7) is 6.36. The number of carbonyl (C=O) groups excluding carboxylic acids is 1. The van der Waals surface area contributed by atoms with Crippen LogP contribution in [0.4, 0.5) is 4.79 Å². The number of nitrogens with zero attached hydrogens (tertiary/aromatic N) is 2. The molecule has 2 aromatic rings. The number of aromatic nitrogens is 2. The fraction of sp³-hybridized carbons (Fsp3) is 0.375. The summed E-state index contributed by atoms with van der Waals surface area (Å²) < 4.78 is 16.9. The molecule has 22 heavy (non-hydrogen) atoms. The first-order valence-corrected chi connectivity index (χ1v) is 7.18. The van der Waals surface area contributed by atoms with Crippen molar-refractivity contribution in [2.24, 2.45) is 0 Å². The molecule has 0 radical (unpaired) electrons. The Bertz CT molecular complexity index is 647. The SMILES string of the molecule is CCOc1ccc(-n2nc(CC)c(OC(=O)OC)c2C)cc1. The molecule has 1 heterocycles. The second-order valence-corrected chi connectivity index (χ2v) is 4.61. The van der Waals surface area contributed by atoms with Gasteiger partial charge in [-0.1, -0.05) is 6.92 Å². The Kier molecular flexibility index (Phi) is 5.04. The number of ether oxygens (including phenoxy) is 3. The third-order valence-electron chi connectivity index (χ3n) is 3.21. The summed E-state index contributed by atoms with van der Waals surface area (Å²) in [4.78, 5) is 11.4. The maximum Gasteiger partial charge on any atom is 0.513 e. The van der Waals surface area contributed by atoms with E-state index in [1.165, 1.54) is 7.11 Å². The standard InChI is InChI=1S/C16H20N2O4/c1-5-14-15(22-16(19)20-4)11(3)18(17-14)12-7-9-13(10-8-12)21-6-2/h7-10H,5-6H2,1-4H3. The van der Waals surface area contributed by atoms with Crippen molar-refractivity contribution in [2.75, 3.05) is 13.7 Å². The second-order valence-electron chi connectivity index (χ2n) is 4.61. The number of hydrogen-bond donors (Lipinski definition) is 0. The van der Waals surface area contributed by atoms with E-state index < -0.39 is 6.16 Å². The molecule has 1 aromatic carbocycles. The Balaban J connectivity index is 2.36. The van der Waals surface area contributed by atoms with Crippen LogP contribution in [0.3, 0.4) is 0 Å². The molecule has 118 valence electrons. The van der Waals surface area contributed by atoms with Gasteiger partial charge in [0, 0.05) is 0 Å². The first kappa shape index (κ1) is 15.9. The van der Waals surface area contributed by atoms with Gasteiger partial charge < -0.3 is 14.2 Å². The van der Waals surface area contributed by atoms with Crippen LogP contribution in [0.5, 0.6) is 11.5 Å². The summed E-state index contributed by atoms with van der Waals surface area (Å²) in [5.74, 6) is 1.25. The zero-order valence-electron chi connectivity index (χ0n) is 13.3. The van der Waals surface area contributed by atoms with Gasteiger partial charge in [0.25, 0.3) is 0 Å². The zero-order valence-corrected chi connectivity index (χ0v) is 13.3. The second kappa shape index (κ2) is 6.98. The van der Waals surface area contributed by atoms with Crippen molar-refractivity contribution >= 4 is 6.16 Å². The van der Waals surface area contributed by atoms with Crippen molar-refractivity contribution in [3.05, 3.63) is 35.7 Å². The van der Waals surface area contributed by atoms with Gasteiger partial charge in [0.05, 0.1) is 25.1 Å². The van der Waals surface area contributed by atoms with Gasteiger partial charge in [0.1, 0.15) is 11.4 Å². The molecular weight excluding hydrogens is 284 g/mol. The zero-order chi connectivity index (χ0) is 16.1. The predicted octanol–water partition coefficient (Wildman–Crippen LogP) is 3.29. The molecule has 0 spiro atoms. The van der Waals surface area contributed by atoms with E-state index in [0.717, 1.165) is 17.1 Å². The van der Waals surface area contributed by atoms with Crippen LogP contribution >= 0.6 is 0 Å². The van der Waals surface area contributed by atoms with Gasteiger partial charge in [0.2, 0.25) is 0 Å². The molecule has 0 aliphatic rings. The van der Waals surface area contributed by atoms with E-state index in [-0.39, 0.29) is 0 Å². The quantitative estimate of drug-likeness (QED) is 0.793. The maximum atomic E-state index is 11.4. The molecule has 0 aliphatic heterocycles. The molecule has 0 fully saturated rings. The summed E-state index contributed by atoms with van der Waals surface area (Å²) in [5.41, 5.74) is 2.32.